The lowest BCUT2D eigenvalue weighted by Crippen LogP contribution is -2.44. The van der Waals surface area contributed by atoms with E-state index in [-0.39, 0.29) is 11.6 Å². The summed E-state index contributed by atoms with van der Waals surface area (Å²) in [7, 11) is 3.72. The van der Waals surface area contributed by atoms with Crippen molar-refractivity contribution in [3.63, 3.8) is 0 Å². The maximum absolute atomic E-state index is 14.2. The monoisotopic (exact) mass is 460 g/mol. The molecule has 0 bridgehead atoms. The third-order valence-electron chi connectivity index (χ3n) is 5.46. The zero-order valence-corrected chi connectivity index (χ0v) is 18.9. The van der Waals surface area contributed by atoms with Crippen LogP contribution in [0, 0.1) is 5.82 Å². The first-order chi connectivity index (χ1) is 15.5. The Kier molecular flexibility index (Phi) is 7.24. The van der Waals surface area contributed by atoms with Crippen LogP contribution in [0.1, 0.15) is 6.42 Å². The van der Waals surface area contributed by atoms with E-state index < -0.39 is 5.82 Å². The third-order valence-corrected chi connectivity index (χ3v) is 5.69. The summed E-state index contributed by atoms with van der Waals surface area (Å²) in [5.74, 6) is 0.805. The topological polar surface area (TPSA) is 60.0 Å². The molecule has 0 aliphatic carbocycles. The minimum absolute atomic E-state index is 0.0256. The fraction of sp³-hybridized carbons (Fsp3) is 0.391. The second kappa shape index (κ2) is 10.3. The molecule has 2 heterocycles. The van der Waals surface area contributed by atoms with Gasteiger partial charge in [0.2, 0.25) is 5.88 Å². The predicted octanol–water partition coefficient (Wildman–Crippen LogP) is 4.24. The zero-order chi connectivity index (χ0) is 22.5. The third kappa shape index (κ3) is 5.38. The molecule has 0 amide bonds. The zero-order valence-electron chi connectivity index (χ0n) is 18.2. The lowest BCUT2D eigenvalue weighted by Gasteiger charge is -2.32. The van der Waals surface area contributed by atoms with E-state index >= 15 is 0 Å². The summed E-state index contributed by atoms with van der Waals surface area (Å²) in [6, 6.07) is 7.73. The molecule has 0 saturated carbocycles. The SMILES string of the molecule is COc1cc2c(Oc3ccc(Cl)cc3F)ncnc2cc1OCCCN1CCN(C)CC1. The lowest BCUT2D eigenvalue weighted by atomic mass is 10.2. The van der Waals surface area contributed by atoms with Crippen LogP contribution in [0.5, 0.6) is 23.1 Å². The summed E-state index contributed by atoms with van der Waals surface area (Å²) < 4.78 is 31.4. The highest BCUT2D eigenvalue weighted by atomic mass is 35.5. The number of piperazine rings is 1. The normalized spacial score (nSPS) is 15.1. The Morgan fingerprint density at radius 2 is 1.84 bits per heavy atom. The van der Waals surface area contributed by atoms with E-state index in [9.17, 15) is 4.39 Å². The summed E-state index contributed by atoms with van der Waals surface area (Å²) in [5.41, 5.74) is 0.610. The van der Waals surface area contributed by atoms with Gasteiger partial charge in [-0.15, -0.1) is 0 Å². The maximum atomic E-state index is 14.2. The summed E-state index contributed by atoms with van der Waals surface area (Å²) in [5, 5.41) is 0.877. The van der Waals surface area contributed by atoms with E-state index in [0.717, 1.165) is 39.1 Å². The van der Waals surface area contributed by atoms with Crippen LogP contribution in [0.2, 0.25) is 5.02 Å². The van der Waals surface area contributed by atoms with Gasteiger partial charge in [0.15, 0.2) is 23.1 Å². The predicted molar refractivity (Wildman–Crippen MR) is 122 cm³/mol. The van der Waals surface area contributed by atoms with Crippen LogP contribution in [-0.4, -0.2) is 73.3 Å². The molecule has 0 unspecified atom stereocenters. The summed E-state index contributed by atoms with van der Waals surface area (Å²) in [4.78, 5) is 13.3. The minimum Gasteiger partial charge on any atom is -0.493 e. The quantitative estimate of drug-likeness (QED) is 0.466. The maximum Gasteiger partial charge on any atom is 0.230 e. The molecule has 0 radical (unpaired) electrons. The van der Waals surface area contributed by atoms with Crippen molar-refractivity contribution < 1.29 is 18.6 Å². The van der Waals surface area contributed by atoms with Gasteiger partial charge < -0.3 is 24.0 Å². The molecular weight excluding hydrogens is 435 g/mol. The van der Waals surface area contributed by atoms with Gasteiger partial charge in [-0.25, -0.2) is 14.4 Å². The first-order valence-corrected chi connectivity index (χ1v) is 10.9. The van der Waals surface area contributed by atoms with Gasteiger partial charge >= 0.3 is 0 Å². The van der Waals surface area contributed by atoms with Gasteiger partial charge in [-0.3, -0.25) is 0 Å². The van der Waals surface area contributed by atoms with Crippen LogP contribution in [-0.2, 0) is 0 Å². The number of rotatable bonds is 8. The number of aromatic nitrogens is 2. The molecule has 170 valence electrons. The first-order valence-electron chi connectivity index (χ1n) is 10.5. The molecular formula is C23H26ClFN4O3. The molecule has 7 nitrogen and oxygen atoms in total. The van der Waals surface area contributed by atoms with Crippen molar-refractivity contribution in [3.8, 4) is 23.1 Å². The standard InChI is InChI=1S/C23H26ClFN4O3/c1-28-7-9-29(10-8-28)6-3-11-31-22-14-19-17(13-21(22)30-2)23(27-15-26-19)32-20-5-4-16(24)12-18(20)25/h4-5,12-15H,3,6-11H2,1-2H3. The van der Waals surface area contributed by atoms with Crippen LogP contribution in [0.15, 0.2) is 36.7 Å². The van der Waals surface area contributed by atoms with Crippen LogP contribution in [0.4, 0.5) is 4.39 Å². The Balaban J connectivity index is 1.46. The summed E-state index contributed by atoms with van der Waals surface area (Å²) in [6.45, 7) is 5.94. The van der Waals surface area contributed by atoms with Crippen LogP contribution in [0.3, 0.4) is 0 Å². The van der Waals surface area contributed by atoms with Crippen LogP contribution < -0.4 is 14.2 Å². The van der Waals surface area contributed by atoms with E-state index in [1.54, 1.807) is 25.3 Å². The van der Waals surface area contributed by atoms with Crippen molar-refractivity contribution in [1.82, 2.24) is 19.8 Å². The second-order valence-corrected chi connectivity index (χ2v) is 8.16. The molecule has 1 saturated heterocycles. The van der Waals surface area contributed by atoms with Crippen LogP contribution >= 0.6 is 11.6 Å². The van der Waals surface area contributed by atoms with E-state index in [0.29, 0.717) is 34.0 Å². The van der Waals surface area contributed by atoms with Gasteiger partial charge in [-0.1, -0.05) is 11.6 Å². The largest absolute Gasteiger partial charge is 0.493 e. The second-order valence-electron chi connectivity index (χ2n) is 7.72. The van der Waals surface area contributed by atoms with E-state index in [4.69, 9.17) is 25.8 Å². The molecule has 2 aromatic carbocycles. The van der Waals surface area contributed by atoms with Crippen molar-refractivity contribution in [1.29, 1.82) is 0 Å². The molecule has 3 aromatic rings. The highest BCUT2D eigenvalue weighted by Gasteiger charge is 2.16. The van der Waals surface area contributed by atoms with Gasteiger partial charge in [-0.2, -0.15) is 0 Å². The molecule has 1 aliphatic heterocycles. The molecule has 4 rings (SSSR count). The summed E-state index contributed by atoms with van der Waals surface area (Å²) >= 11 is 5.82. The molecule has 0 spiro atoms. The van der Waals surface area contributed by atoms with Crippen molar-refractivity contribution in [2.75, 3.05) is 53.5 Å². The highest BCUT2D eigenvalue weighted by molar-refractivity contribution is 6.30. The van der Waals surface area contributed by atoms with Crippen molar-refractivity contribution >= 4 is 22.5 Å². The van der Waals surface area contributed by atoms with Gasteiger partial charge in [0.05, 0.1) is 24.6 Å². The Bertz CT molecular complexity index is 1080. The lowest BCUT2D eigenvalue weighted by molar-refractivity contribution is 0.145. The minimum atomic E-state index is -0.573. The Labute approximate surface area is 191 Å². The average Bonchev–Trinajstić information content (AvgIpc) is 2.79. The Hall–Kier alpha value is -2.68. The van der Waals surface area contributed by atoms with Crippen molar-refractivity contribution in [2.45, 2.75) is 6.42 Å². The fourth-order valence-electron chi connectivity index (χ4n) is 3.60. The van der Waals surface area contributed by atoms with E-state index in [1.165, 1.54) is 18.5 Å². The van der Waals surface area contributed by atoms with Gasteiger partial charge in [0, 0.05) is 43.8 Å². The van der Waals surface area contributed by atoms with Gasteiger partial charge in [-0.05, 0) is 37.7 Å². The molecule has 1 fully saturated rings. The Morgan fingerprint density at radius 3 is 2.59 bits per heavy atom. The molecule has 32 heavy (non-hydrogen) atoms. The Morgan fingerprint density at radius 1 is 1.03 bits per heavy atom. The average molecular weight is 461 g/mol. The number of hydrogen-bond donors (Lipinski definition) is 0. The molecule has 9 heteroatoms. The number of hydrogen-bond acceptors (Lipinski definition) is 7. The molecule has 1 aliphatic rings. The van der Waals surface area contributed by atoms with Gasteiger partial charge in [0.25, 0.3) is 0 Å². The smallest absolute Gasteiger partial charge is 0.230 e. The number of benzene rings is 2. The number of halogens is 2. The molecule has 0 atom stereocenters. The number of likely N-dealkylation sites (N-methyl/N-ethyl adjacent to an activating group) is 1. The number of nitrogens with zero attached hydrogens (tertiary/aromatic N) is 4. The van der Waals surface area contributed by atoms with Crippen molar-refractivity contribution in [3.05, 3.63) is 47.5 Å². The van der Waals surface area contributed by atoms with Crippen molar-refractivity contribution in [2.24, 2.45) is 0 Å². The highest BCUT2D eigenvalue weighted by Crippen LogP contribution is 2.36. The van der Waals surface area contributed by atoms with E-state index in [2.05, 4.69) is 26.8 Å². The fourth-order valence-corrected chi connectivity index (χ4v) is 3.76. The van der Waals surface area contributed by atoms with Crippen LogP contribution in [0.25, 0.3) is 10.9 Å². The molecule has 1 aromatic heterocycles. The van der Waals surface area contributed by atoms with Gasteiger partial charge in [0.1, 0.15) is 6.33 Å². The number of fused-ring (bicyclic) bond motifs is 1. The molecule has 0 N–H and O–H groups in total. The number of methoxy groups -OCH3 is 1. The number of ether oxygens (including phenoxy) is 3. The first kappa shape index (κ1) is 22.5. The summed E-state index contributed by atoms with van der Waals surface area (Å²) in [6.07, 6.45) is 2.29. The van der Waals surface area contributed by atoms with E-state index in [1.807, 2.05) is 0 Å².